The van der Waals surface area contributed by atoms with Crippen LogP contribution < -0.4 is 0 Å². The Morgan fingerprint density at radius 3 is 2.13 bits per heavy atom. The van der Waals surface area contributed by atoms with Crippen LogP contribution in [0.5, 0.6) is 0 Å². The Balaban J connectivity index is 1.48. The van der Waals surface area contributed by atoms with E-state index in [1.807, 2.05) is 41.8 Å². The van der Waals surface area contributed by atoms with Crippen LogP contribution in [0, 0.1) is 0 Å². The van der Waals surface area contributed by atoms with Crippen LogP contribution >= 0.6 is 11.3 Å². The summed E-state index contributed by atoms with van der Waals surface area (Å²) in [5, 5.41) is 5.07. The molecule has 0 saturated heterocycles. The molecule has 3 nitrogen and oxygen atoms in total. The van der Waals surface area contributed by atoms with Gasteiger partial charge in [-0.25, -0.2) is 9.97 Å². The van der Waals surface area contributed by atoms with Gasteiger partial charge < -0.3 is 0 Å². The second kappa shape index (κ2) is 8.37. The monoisotopic (exact) mass is 503 g/mol. The lowest BCUT2D eigenvalue weighted by Crippen LogP contribution is -2.01. The highest BCUT2D eigenvalue weighted by Gasteiger charge is 2.19. The van der Waals surface area contributed by atoms with Crippen LogP contribution in [-0.4, -0.2) is 14.5 Å². The van der Waals surface area contributed by atoms with Crippen LogP contribution in [0.25, 0.3) is 70.3 Å². The predicted molar refractivity (Wildman–Crippen MR) is 160 cm³/mol. The number of hydrogen-bond acceptors (Lipinski definition) is 3. The standard InChI is InChI=1S/C34H21N3S/c1-3-9-22(10-4-1)24-15-17-29-27(21-24)32-30(18-16-26-25-13-7-8-14-31(25)38-33(26)32)37(29)34-35-20-19-28(36-34)23-11-5-2-6-12-23/h1-21H. The van der Waals surface area contributed by atoms with Crippen LogP contribution in [0.15, 0.2) is 128 Å². The zero-order chi connectivity index (χ0) is 25.1. The van der Waals surface area contributed by atoms with E-state index < -0.39 is 0 Å². The van der Waals surface area contributed by atoms with Gasteiger partial charge in [0.2, 0.25) is 5.95 Å². The van der Waals surface area contributed by atoms with E-state index in [2.05, 4.69) is 102 Å². The summed E-state index contributed by atoms with van der Waals surface area (Å²) in [4.78, 5) is 9.81. The molecule has 0 atom stereocenters. The molecule has 0 spiro atoms. The number of thiophene rings is 1. The van der Waals surface area contributed by atoms with Gasteiger partial charge in [-0.1, -0.05) is 91.0 Å². The Bertz CT molecular complexity index is 2120. The smallest absolute Gasteiger partial charge is 0.235 e. The molecular formula is C34H21N3S. The van der Waals surface area contributed by atoms with Crippen molar-refractivity contribution in [1.29, 1.82) is 0 Å². The largest absolute Gasteiger partial charge is 0.278 e. The first-order chi connectivity index (χ1) is 18.8. The minimum absolute atomic E-state index is 0.680. The summed E-state index contributed by atoms with van der Waals surface area (Å²) in [6.45, 7) is 0. The molecule has 0 aliphatic rings. The lowest BCUT2D eigenvalue weighted by atomic mass is 10.0. The third kappa shape index (κ3) is 3.21. The van der Waals surface area contributed by atoms with Gasteiger partial charge in [-0.3, -0.25) is 4.57 Å². The summed E-state index contributed by atoms with van der Waals surface area (Å²) >= 11 is 1.86. The maximum Gasteiger partial charge on any atom is 0.235 e. The molecule has 3 aromatic heterocycles. The van der Waals surface area contributed by atoms with Gasteiger partial charge >= 0.3 is 0 Å². The van der Waals surface area contributed by atoms with Crippen molar-refractivity contribution < 1.29 is 0 Å². The maximum atomic E-state index is 5.04. The first-order valence-corrected chi connectivity index (χ1v) is 13.5. The molecular weight excluding hydrogens is 482 g/mol. The molecule has 178 valence electrons. The zero-order valence-corrected chi connectivity index (χ0v) is 21.2. The minimum atomic E-state index is 0.680. The Kier molecular flexibility index (Phi) is 4.69. The molecule has 0 unspecified atom stereocenters. The Labute approximate surface area is 223 Å². The molecule has 8 aromatic rings. The second-order valence-corrected chi connectivity index (χ2v) is 10.5. The SMILES string of the molecule is c1ccc(-c2ccc3c(c2)c2c4sc5ccccc5c4ccc2n3-c2nccc(-c3ccccc3)n2)cc1. The Morgan fingerprint density at radius 1 is 0.553 bits per heavy atom. The molecule has 0 radical (unpaired) electrons. The van der Waals surface area contributed by atoms with Crippen LogP contribution in [0.2, 0.25) is 0 Å². The molecule has 4 heteroatoms. The normalized spacial score (nSPS) is 11.7. The summed E-state index contributed by atoms with van der Waals surface area (Å²) in [7, 11) is 0. The predicted octanol–water partition coefficient (Wildman–Crippen LogP) is 9.28. The highest BCUT2D eigenvalue weighted by molar-refractivity contribution is 7.26. The third-order valence-corrected chi connectivity index (χ3v) is 8.50. The van der Waals surface area contributed by atoms with E-state index in [0.717, 1.165) is 22.3 Å². The fourth-order valence-electron chi connectivity index (χ4n) is 5.54. The molecule has 0 bridgehead atoms. The lowest BCUT2D eigenvalue weighted by molar-refractivity contribution is 0.992. The highest BCUT2D eigenvalue weighted by Crippen LogP contribution is 2.43. The van der Waals surface area contributed by atoms with Crippen molar-refractivity contribution >= 4 is 53.3 Å². The van der Waals surface area contributed by atoms with Gasteiger partial charge in [0.15, 0.2) is 0 Å². The van der Waals surface area contributed by atoms with Gasteiger partial charge in [-0.2, -0.15) is 0 Å². The number of benzene rings is 5. The highest BCUT2D eigenvalue weighted by atomic mass is 32.1. The van der Waals surface area contributed by atoms with E-state index in [0.29, 0.717) is 5.95 Å². The topological polar surface area (TPSA) is 30.7 Å². The van der Waals surface area contributed by atoms with Crippen LogP contribution in [0.4, 0.5) is 0 Å². The third-order valence-electron chi connectivity index (χ3n) is 7.29. The fourth-order valence-corrected chi connectivity index (χ4v) is 6.80. The number of aromatic nitrogens is 3. The molecule has 0 fully saturated rings. The number of rotatable bonds is 3. The summed E-state index contributed by atoms with van der Waals surface area (Å²) < 4.78 is 4.82. The average Bonchev–Trinajstić information content (AvgIpc) is 3.53. The van der Waals surface area contributed by atoms with Crippen molar-refractivity contribution in [1.82, 2.24) is 14.5 Å². The fraction of sp³-hybridized carbons (Fsp3) is 0. The minimum Gasteiger partial charge on any atom is -0.278 e. The van der Waals surface area contributed by atoms with Gasteiger partial charge in [0, 0.05) is 42.7 Å². The molecule has 0 amide bonds. The molecule has 3 heterocycles. The molecule has 0 saturated carbocycles. The van der Waals surface area contributed by atoms with Crippen LogP contribution in [-0.2, 0) is 0 Å². The van der Waals surface area contributed by atoms with E-state index in [4.69, 9.17) is 9.97 Å². The van der Waals surface area contributed by atoms with Crippen molar-refractivity contribution in [2.24, 2.45) is 0 Å². The van der Waals surface area contributed by atoms with Crippen LogP contribution in [0.1, 0.15) is 0 Å². The van der Waals surface area contributed by atoms with E-state index in [-0.39, 0.29) is 0 Å². The van der Waals surface area contributed by atoms with Crippen molar-refractivity contribution in [2.45, 2.75) is 0 Å². The van der Waals surface area contributed by atoms with Crippen LogP contribution in [0.3, 0.4) is 0 Å². The number of fused-ring (bicyclic) bond motifs is 7. The number of nitrogens with zero attached hydrogens (tertiary/aromatic N) is 3. The average molecular weight is 504 g/mol. The zero-order valence-electron chi connectivity index (χ0n) is 20.4. The van der Waals surface area contributed by atoms with E-state index in [1.54, 1.807) is 0 Å². The van der Waals surface area contributed by atoms with Crippen molar-refractivity contribution in [3.63, 3.8) is 0 Å². The summed E-state index contributed by atoms with van der Waals surface area (Å²) in [5.41, 5.74) is 6.63. The molecule has 0 aliphatic carbocycles. The van der Waals surface area contributed by atoms with Gasteiger partial charge in [0.05, 0.1) is 16.7 Å². The first-order valence-electron chi connectivity index (χ1n) is 12.7. The molecule has 0 N–H and O–H groups in total. The maximum absolute atomic E-state index is 5.04. The van der Waals surface area contributed by atoms with E-state index in [9.17, 15) is 0 Å². The summed E-state index contributed by atoms with van der Waals surface area (Å²) in [6, 6.07) is 42.8. The first kappa shape index (κ1) is 21.3. The van der Waals surface area contributed by atoms with E-state index in [1.165, 1.54) is 42.1 Å². The van der Waals surface area contributed by atoms with Crippen molar-refractivity contribution in [3.8, 4) is 28.3 Å². The summed E-state index contributed by atoms with van der Waals surface area (Å²) in [5.74, 6) is 0.680. The van der Waals surface area contributed by atoms with Gasteiger partial charge in [0.1, 0.15) is 0 Å². The molecule has 38 heavy (non-hydrogen) atoms. The molecule has 8 rings (SSSR count). The number of hydrogen-bond donors (Lipinski definition) is 0. The quantitative estimate of drug-likeness (QED) is 0.240. The van der Waals surface area contributed by atoms with Gasteiger partial charge in [0.25, 0.3) is 0 Å². The van der Waals surface area contributed by atoms with Crippen molar-refractivity contribution in [2.75, 3.05) is 0 Å². The lowest BCUT2D eigenvalue weighted by Gasteiger charge is -2.08. The van der Waals surface area contributed by atoms with Gasteiger partial charge in [-0.15, -0.1) is 11.3 Å². The second-order valence-electron chi connectivity index (χ2n) is 9.48. The molecule has 0 aliphatic heterocycles. The molecule has 5 aromatic carbocycles. The Hall–Kier alpha value is -4.80. The Morgan fingerprint density at radius 2 is 1.29 bits per heavy atom. The van der Waals surface area contributed by atoms with Gasteiger partial charge in [-0.05, 0) is 41.5 Å². The summed E-state index contributed by atoms with van der Waals surface area (Å²) in [6.07, 6.45) is 1.86. The van der Waals surface area contributed by atoms with E-state index >= 15 is 0 Å². The van der Waals surface area contributed by atoms with Crippen molar-refractivity contribution in [3.05, 3.63) is 128 Å².